The zero-order valence-corrected chi connectivity index (χ0v) is 13.4. The fraction of sp³-hybridized carbons (Fsp3) is 0.389. The Labute approximate surface area is 140 Å². The van der Waals surface area contributed by atoms with E-state index in [0.29, 0.717) is 24.6 Å². The highest BCUT2D eigenvalue weighted by Crippen LogP contribution is 2.28. The molecule has 0 saturated carbocycles. The lowest BCUT2D eigenvalue weighted by molar-refractivity contribution is 0.0984. The normalized spacial score (nSPS) is 19.3. The van der Waals surface area contributed by atoms with E-state index in [1.807, 2.05) is 18.2 Å². The Hall–Kier alpha value is -2.47. The summed E-state index contributed by atoms with van der Waals surface area (Å²) >= 11 is 0. The number of fused-ring (bicyclic) bond motifs is 1. The third-order valence-corrected chi connectivity index (χ3v) is 4.55. The third kappa shape index (κ3) is 2.97. The predicted octanol–water partition coefficient (Wildman–Crippen LogP) is 2.27. The number of anilines is 2. The summed E-state index contributed by atoms with van der Waals surface area (Å²) in [5, 5.41) is 3.24. The predicted molar refractivity (Wildman–Crippen MR) is 91.3 cm³/mol. The van der Waals surface area contributed by atoms with Crippen LogP contribution in [0.15, 0.2) is 36.7 Å². The van der Waals surface area contributed by atoms with Crippen LogP contribution in [0.25, 0.3) is 0 Å². The average Bonchev–Trinajstić information content (AvgIpc) is 3.29. The van der Waals surface area contributed by atoms with Gasteiger partial charge in [0.15, 0.2) is 0 Å². The molecule has 1 amide bonds. The molecule has 0 spiro atoms. The number of carbonyl (C=O) groups excluding carboxylic acids is 1. The van der Waals surface area contributed by atoms with Gasteiger partial charge in [0.2, 0.25) is 0 Å². The Balaban J connectivity index is 1.48. The molecule has 2 aliphatic rings. The quantitative estimate of drug-likeness (QED) is 0.934. The van der Waals surface area contributed by atoms with Crippen LogP contribution in [-0.4, -0.2) is 41.7 Å². The number of nitrogens with one attached hydrogen (secondary N) is 1. The van der Waals surface area contributed by atoms with Crippen molar-refractivity contribution in [1.29, 1.82) is 0 Å². The molecule has 24 heavy (non-hydrogen) atoms. The minimum Gasteiger partial charge on any atom is -0.376 e. The largest absolute Gasteiger partial charge is 0.376 e. The molecular formula is C18H20N4O2. The highest BCUT2D eigenvalue weighted by molar-refractivity contribution is 6.06. The Bertz CT molecular complexity index is 743. The molecule has 6 heteroatoms. The van der Waals surface area contributed by atoms with Crippen LogP contribution in [0.2, 0.25) is 0 Å². The second-order valence-corrected chi connectivity index (χ2v) is 6.14. The van der Waals surface area contributed by atoms with Crippen molar-refractivity contribution in [3.05, 3.63) is 47.9 Å². The number of carbonyl (C=O) groups is 1. The van der Waals surface area contributed by atoms with Gasteiger partial charge in [0.1, 0.15) is 17.8 Å². The van der Waals surface area contributed by atoms with Crippen LogP contribution in [0.4, 0.5) is 11.5 Å². The second-order valence-electron chi connectivity index (χ2n) is 6.14. The van der Waals surface area contributed by atoms with Crippen LogP contribution in [0.5, 0.6) is 0 Å². The van der Waals surface area contributed by atoms with Gasteiger partial charge in [-0.3, -0.25) is 4.79 Å². The van der Waals surface area contributed by atoms with E-state index < -0.39 is 0 Å². The maximum absolute atomic E-state index is 12.8. The molecule has 2 aliphatic heterocycles. The van der Waals surface area contributed by atoms with E-state index in [0.717, 1.165) is 31.6 Å². The van der Waals surface area contributed by atoms with Crippen molar-refractivity contribution in [2.45, 2.75) is 25.4 Å². The van der Waals surface area contributed by atoms with E-state index in [1.54, 1.807) is 11.0 Å². The van der Waals surface area contributed by atoms with Gasteiger partial charge in [-0.1, -0.05) is 18.2 Å². The number of ether oxygens (including phenoxy) is 1. The molecule has 1 N–H and O–H groups in total. The van der Waals surface area contributed by atoms with Crippen molar-refractivity contribution >= 4 is 17.4 Å². The van der Waals surface area contributed by atoms with Crippen LogP contribution in [0.1, 0.15) is 28.9 Å². The first-order chi connectivity index (χ1) is 11.8. The van der Waals surface area contributed by atoms with Gasteiger partial charge in [-0.15, -0.1) is 0 Å². The average molecular weight is 324 g/mol. The molecule has 3 heterocycles. The van der Waals surface area contributed by atoms with Crippen LogP contribution >= 0.6 is 0 Å². The van der Waals surface area contributed by atoms with Gasteiger partial charge in [-0.05, 0) is 30.9 Å². The molecule has 124 valence electrons. The molecular weight excluding hydrogens is 304 g/mol. The lowest BCUT2D eigenvalue weighted by Crippen LogP contribution is -2.30. The smallest absolute Gasteiger partial charge is 0.277 e. The fourth-order valence-corrected chi connectivity index (χ4v) is 3.28. The molecule has 1 unspecified atom stereocenters. The van der Waals surface area contributed by atoms with E-state index in [4.69, 9.17) is 4.74 Å². The van der Waals surface area contributed by atoms with Gasteiger partial charge in [-0.2, -0.15) is 0 Å². The lowest BCUT2D eigenvalue weighted by atomic mass is 10.2. The van der Waals surface area contributed by atoms with E-state index in [1.165, 1.54) is 11.9 Å². The standard InChI is InChI=1S/C18H20N4O2/c23-18(22-8-7-13-4-1-2-6-16(13)22)15-10-17(21-12-20-15)19-11-14-5-3-9-24-14/h1-2,4,6,10,12,14H,3,5,7-9,11H2,(H,19,20,21). The summed E-state index contributed by atoms with van der Waals surface area (Å²) in [7, 11) is 0. The first-order valence-corrected chi connectivity index (χ1v) is 8.38. The molecule has 1 saturated heterocycles. The Morgan fingerprint density at radius 1 is 1.33 bits per heavy atom. The summed E-state index contributed by atoms with van der Waals surface area (Å²) in [6.45, 7) is 2.23. The maximum atomic E-state index is 12.8. The van der Waals surface area contributed by atoms with Crippen molar-refractivity contribution < 1.29 is 9.53 Å². The van der Waals surface area contributed by atoms with E-state index in [2.05, 4.69) is 21.4 Å². The summed E-state index contributed by atoms with van der Waals surface area (Å²) < 4.78 is 5.59. The minimum absolute atomic E-state index is 0.0810. The van der Waals surface area contributed by atoms with E-state index >= 15 is 0 Å². The number of benzene rings is 1. The highest BCUT2D eigenvalue weighted by Gasteiger charge is 2.26. The number of nitrogens with zero attached hydrogens (tertiary/aromatic N) is 3. The molecule has 1 fully saturated rings. The van der Waals surface area contributed by atoms with Gasteiger partial charge in [0, 0.05) is 31.5 Å². The summed E-state index contributed by atoms with van der Waals surface area (Å²) in [6.07, 6.45) is 4.72. The van der Waals surface area contributed by atoms with E-state index in [9.17, 15) is 4.79 Å². The van der Waals surface area contributed by atoms with Crippen LogP contribution < -0.4 is 10.2 Å². The van der Waals surface area contributed by atoms with Crippen molar-refractivity contribution in [2.24, 2.45) is 0 Å². The van der Waals surface area contributed by atoms with Gasteiger partial charge >= 0.3 is 0 Å². The molecule has 0 aliphatic carbocycles. The monoisotopic (exact) mass is 324 g/mol. The molecule has 0 radical (unpaired) electrons. The topological polar surface area (TPSA) is 67.3 Å². The molecule has 0 bridgehead atoms. The molecule has 2 aromatic rings. The number of hydrogen-bond donors (Lipinski definition) is 1. The highest BCUT2D eigenvalue weighted by atomic mass is 16.5. The van der Waals surface area contributed by atoms with Gasteiger partial charge in [0.25, 0.3) is 5.91 Å². The Morgan fingerprint density at radius 3 is 3.12 bits per heavy atom. The zero-order valence-electron chi connectivity index (χ0n) is 13.4. The van der Waals surface area contributed by atoms with Gasteiger partial charge < -0.3 is 15.0 Å². The first kappa shape index (κ1) is 15.1. The Morgan fingerprint density at radius 2 is 2.25 bits per heavy atom. The zero-order chi connectivity index (χ0) is 16.4. The SMILES string of the molecule is O=C(c1cc(NCC2CCCO2)ncn1)N1CCc2ccccc21. The van der Waals surface area contributed by atoms with Crippen molar-refractivity contribution in [3.63, 3.8) is 0 Å². The summed E-state index contributed by atoms with van der Waals surface area (Å²) in [6, 6.07) is 9.73. The number of aromatic nitrogens is 2. The molecule has 4 rings (SSSR count). The van der Waals surface area contributed by atoms with Crippen molar-refractivity contribution in [1.82, 2.24) is 9.97 Å². The molecule has 1 atom stereocenters. The number of rotatable bonds is 4. The maximum Gasteiger partial charge on any atom is 0.277 e. The van der Waals surface area contributed by atoms with Crippen molar-refractivity contribution in [2.75, 3.05) is 29.9 Å². The number of amides is 1. The second kappa shape index (κ2) is 6.57. The summed E-state index contributed by atoms with van der Waals surface area (Å²) in [5.74, 6) is 0.582. The van der Waals surface area contributed by atoms with Crippen LogP contribution in [-0.2, 0) is 11.2 Å². The van der Waals surface area contributed by atoms with Crippen LogP contribution in [0, 0.1) is 0 Å². The molecule has 1 aromatic carbocycles. The van der Waals surface area contributed by atoms with Gasteiger partial charge in [0.05, 0.1) is 6.10 Å². The molecule has 1 aromatic heterocycles. The minimum atomic E-state index is -0.0810. The number of hydrogen-bond acceptors (Lipinski definition) is 5. The molecule has 6 nitrogen and oxygen atoms in total. The summed E-state index contributed by atoms with van der Waals surface area (Å²) in [5.41, 5.74) is 2.60. The van der Waals surface area contributed by atoms with E-state index in [-0.39, 0.29) is 12.0 Å². The van der Waals surface area contributed by atoms with Crippen LogP contribution in [0.3, 0.4) is 0 Å². The van der Waals surface area contributed by atoms with Gasteiger partial charge in [-0.25, -0.2) is 9.97 Å². The lowest BCUT2D eigenvalue weighted by Gasteiger charge is -2.17. The van der Waals surface area contributed by atoms with Crippen molar-refractivity contribution in [3.8, 4) is 0 Å². The first-order valence-electron chi connectivity index (χ1n) is 8.38. The summed E-state index contributed by atoms with van der Waals surface area (Å²) in [4.78, 5) is 23.0. The fourth-order valence-electron chi connectivity index (χ4n) is 3.28. The third-order valence-electron chi connectivity index (χ3n) is 4.55. The number of para-hydroxylation sites is 1. The Kier molecular flexibility index (Phi) is 4.13.